The Morgan fingerprint density at radius 1 is 1.26 bits per heavy atom. The van der Waals surface area contributed by atoms with Crippen LogP contribution < -0.4 is 16.0 Å². The first kappa shape index (κ1) is 15.0. The molecule has 0 saturated heterocycles. The molecule has 6 heteroatoms. The van der Waals surface area contributed by atoms with E-state index in [0.717, 1.165) is 32.1 Å². The highest BCUT2D eigenvalue weighted by Gasteiger charge is 2.18. The maximum Gasteiger partial charge on any atom is 0.263 e. The molecule has 1 rings (SSSR count). The van der Waals surface area contributed by atoms with Gasteiger partial charge in [0.05, 0.1) is 0 Å². The number of hydrogen-bond acceptors (Lipinski definition) is 4. The van der Waals surface area contributed by atoms with Crippen molar-refractivity contribution in [2.45, 2.75) is 38.1 Å². The smallest absolute Gasteiger partial charge is 0.263 e. The predicted octanol–water partition coefficient (Wildman–Crippen LogP) is 0.178. The fourth-order valence-electron chi connectivity index (χ4n) is 2.01. The van der Waals surface area contributed by atoms with Gasteiger partial charge in [0.25, 0.3) is 5.91 Å². The lowest BCUT2D eigenvalue weighted by atomic mass is 10.2. The van der Waals surface area contributed by atoms with Gasteiger partial charge in [-0.15, -0.1) is 0 Å². The van der Waals surface area contributed by atoms with Gasteiger partial charge in [0.15, 0.2) is 0 Å². The topological polar surface area (TPSA) is 94.0 Å². The molecule has 0 heterocycles. The number of carbonyl (C=O) groups is 2. The van der Waals surface area contributed by atoms with E-state index in [1.54, 1.807) is 0 Å². The van der Waals surface area contributed by atoms with E-state index in [0.29, 0.717) is 19.5 Å². The molecule has 0 aliphatic heterocycles. The van der Waals surface area contributed by atoms with E-state index in [2.05, 4.69) is 16.0 Å². The molecule has 1 saturated carbocycles. The van der Waals surface area contributed by atoms with Gasteiger partial charge in [0, 0.05) is 25.3 Å². The lowest BCUT2D eigenvalue weighted by Gasteiger charge is -2.11. The van der Waals surface area contributed by atoms with Crippen LogP contribution in [0.4, 0.5) is 0 Å². The minimum atomic E-state index is -0.312. The summed E-state index contributed by atoms with van der Waals surface area (Å²) in [5.74, 6) is -0.312. The average molecular weight is 264 g/mol. The first-order valence-electron chi connectivity index (χ1n) is 6.59. The zero-order valence-electron chi connectivity index (χ0n) is 10.9. The number of amides is 2. The van der Waals surface area contributed by atoms with Crippen molar-refractivity contribution in [1.82, 2.24) is 16.0 Å². The molecule has 0 aromatic heterocycles. The number of rotatable bonds is 8. The third-order valence-electron chi connectivity index (χ3n) is 3.03. The molecule has 2 amide bonds. The molecule has 0 atom stereocenters. The van der Waals surface area contributed by atoms with Crippen molar-refractivity contribution in [3.05, 3.63) is 11.8 Å². The zero-order chi connectivity index (χ0) is 13.9. The molecule has 0 aromatic rings. The predicted molar refractivity (Wildman–Crippen MR) is 70.8 cm³/mol. The normalized spacial score (nSPS) is 15.6. The molecule has 1 aliphatic rings. The standard InChI is InChI=1S/C13H20N4O2/c14-8-11(9-15-6-3-7-16-10-18)13(19)17-12-4-1-2-5-12/h9-10,12,15H,1-7H2,(H,16,18)(H,17,19)/b11-9-. The maximum absolute atomic E-state index is 11.8. The Bertz CT molecular complexity index is 367. The van der Waals surface area contributed by atoms with Crippen molar-refractivity contribution in [2.24, 2.45) is 0 Å². The summed E-state index contributed by atoms with van der Waals surface area (Å²) in [6, 6.07) is 2.10. The van der Waals surface area contributed by atoms with Gasteiger partial charge in [-0.3, -0.25) is 9.59 Å². The third kappa shape index (κ3) is 5.91. The molecule has 0 bridgehead atoms. The molecule has 1 fully saturated rings. The molecule has 3 N–H and O–H groups in total. The molecule has 6 nitrogen and oxygen atoms in total. The Labute approximate surface area is 113 Å². The van der Waals surface area contributed by atoms with Crippen LogP contribution in [0.3, 0.4) is 0 Å². The van der Waals surface area contributed by atoms with Gasteiger partial charge in [-0.25, -0.2) is 0 Å². The highest BCUT2D eigenvalue weighted by molar-refractivity contribution is 5.97. The molecule has 0 spiro atoms. The lowest BCUT2D eigenvalue weighted by Crippen LogP contribution is -2.34. The van der Waals surface area contributed by atoms with Gasteiger partial charge in [0.2, 0.25) is 6.41 Å². The summed E-state index contributed by atoms with van der Waals surface area (Å²) in [7, 11) is 0. The maximum atomic E-state index is 11.8. The van der Waals surface area contributed by atoms with E-state index in [4.69, 9.17) is 5.26 Å². The largest absolute Gasteiger partial charge is 0.390 e. The van der Waals surface area contributed by atoms with E-state index in [1.165, 1.54) is 6.20 Å². The van der Waals surface area contributed by atoms with Crippen LogP contribution in [0.25, 0.3) is 0 Å². The summed E-state index contributed by atoms with van der Waals surface area (Å²) in [5.41, 5.74) is 0.0928. The van der Waals surface area contributed by atoms with Gasteiger partial charge < -0.3 is 16.0 Å². The van der Waals surface area contributed by atoms with Crippen molar-refractivity contribution < 1.29 is 9.59 Å². The van der Waals surface area contributed by atoms with Crippen LogP contribution in [0.1, 0.15) is 32.1 Å². The number of nitrogens with one attached hydrogen (secondary N) is 3. The molecule has 104 valence electrons. The monoisotopic (exact) mass is 264 g/mol. The van der Waals surface area contributed by atoms with Crippen LogP contribution in [0, 0.1) is 11.3 Å². The van der Waals surface area contributed by atoms with Crippen LogP contribution in [-0.4, -0.2) is 31.4 Å². The first-order valence-corrected chi connectivity index (χ1v) is 6.59. The molecule has 0 aromatic carbocycles. The fraction of sp³-hybridized carbons (Fsp3) is 0.615. The first-order chi connectivity index (χ1) is 9.27. The second-order valence-electron chi connectivity index (χ2n) is 4.50. The van der Waals surface area contributed by atoms with Crippen LogP contribution in [0.5, 0.6) is 0 Å². The summed E-state index contributed by atoms with van der Waals surface area (Å²) < 4.78 is 0. The van der Waals surface area contributed by atoms with E-state index in [-0.39, 0.29) is 17.5 Å². The van der Waals surface area contributed by atoms with Crippen LogP contribution in [0.2, 0.25) is 0 Å². The van der Waals surface area contributed by atoms with Crippen molar-refractivity contribution in [2.75, 3.05) is 13.1 Å². The van der Waals surface area contributed by atoms with E-state index in [9.17, 15) is 9.59 Å². The van der Waals surface area contributed by atoms with Crippen LogP contribution in [0.15, 0.2) is 11.8 Å². The van der Waals surface area contributed by atoms with Gasteiger partial charge in [-0.1, -0.05) is 12.8 Å². The highest BCUT2D eigenvalue weighted by Crippen LogP contribution is 2.17. The second-order valence-corrected chi connectivity index (χ2v) is 4.50. The highest BCUT2D eigenvalue weighted by atomic mass is 16.1. The zero-order valence-corrected chi connectivity index (χ0v) is 10.9. The second kappa shape index (κ2) is 8.97. The van der Waals surface area contributed by atoms with Crippen LogP contribution in [-0.2, 0) is 9.59 Å². The summed E-state index contributed by atoms with van der Waals surface area (Å²) >= 11 is 0. The van der Waals surface area contributed by atoms with E-state index in [1.807, 2.05) is 6.07 Å². The Balaban J connectivity index is 2.28. The van der Waals surface area contributed by atoms with Crippen molar-refractivity contribution in [3.63, 3.8) is 0 Å². The molecule has 0 radical (unpaired) electrons. The van der Waals surface area contributed by atoms with Crippen molar-refractivity contribution in [1.29, 1.82) is 5.26 Å². The lowest BCUT2D eigenvalue weighted by molar-refractivity contribution is -0.117. The minimum Gasteiger partial charge on any atom is -0.390 e. The van der Waals surface area contributed by atoms with Gasteiger partial charge >= 0.3 is 0 Å². The molecular weight excluding hydrogens is 244 g/mol. The van der Waals surface area contributed by atoms with E-state index < -0.39 is 0 Å². The van der Waals surface area contributed by atoms with Crippen LogP contribution >= 0.6 is 0 Å². The van der Waals surface area contributed by atoms with Gasteiger partial charge in [-0.05, 0) is 19.3 Å². The van der Waals surface area contributed by atoms with Gasteiger partial charge in [0.1, 0.15) is 11.6 Å². The number of carbonyl (C=O) groups excluding carboxylic acids is 2. The minimum absolute atomic E-state index is 0.0928. The quantitative estimate of drug-likeness (QED) is 0.252. The Hall–Kier alpha value is -2.03. The van der Waals surface area contributed by atoms with Gasteiger partial charge in [-0.2, -0.15) is 5.26 Å². The molecular formula is C13H20N4O2. The molecule has 1 aliphatic carbocycles. The Kier molecular flexibility index (Phi) is 7.10. The van der Waals surface area contributed by atoms with Crippen molar-refractivity contribution in [3.8, 4) is 6.07 Å². The van der Waals surface area contributed by atoms with Crippen molar-refractivity contribution >= 4 is 12.3 Å². The summed E-state index contributed by atoms with van der Waals surface area (Å²) in [6.07, 6.45) is 7.08. The average Bonchev–Trinajstić information content (AvgIpc) is 2.90. The summed E-state index contributed by atoms with van der Waals surface area (Å²) in [4.78, 5) is 21.8. The fourth-order valence-corrected chi connectivity index (χ4v) is 2.01. The number of hydrogen-bond donors (Lipinski definition) is 3. The third-order valence-corrected chi connectivity index (χ3v) is 3.03. The molecule has 0 unspecified atom stereocenters. The van der Waals surface area contributed by atoms with E-state index >= 15 is 0 Å². The Morgan fingerprint density at radius 2 is 1.95 bits per heavy atom. The SMILES string of the molecule is N#C/C(=C/NCCCNC=O)C(=O)NC1CCCC1. The summed E-state index contributed by atoms with van der Waals surface area (Å²) in [6.45, 7) is 1.17. The number of nitrogens with zero attached hydrogens (tertiary/aromatic N) is 1. The molecule has 19 heavy (non-hydrogen) atoms. The number of nitriles is 1. The Morgan fingerprint density at radius 3 is 2.58 bits per heavy atom. The summed E-state index contributed by atoms with van der Waals surface area (Å²) in [5, 5.41) is 17.2.